The zero-order valence-corrected chi connectivity index (χ0v) is 12.8. The van der Waals surface area contributed by atoms with Crippen molar-refractivity contribution in [2.45, 2.75) is 33.0 Å². The van der Waals surface area contributed by atoms with Gasteiger partial charge in [0.15, 0.2) is 0 Å². The summed E-state index contributed by atoms with van der Waals surface area (Å²) >= 11 is 5.89. The fourth-order valence-electron chi connectivity index (χ4n) is 1.89. The summed E-state index contributed by atoms with van der Waals surface area (Å²) in [5, 5.41) is 3.60. The van der Waals surface area contributed by atoms with E-state index in [1.807, 2.05) is 6.92 Å². The van der Waals surface area contributed by atoms with Crippen molar-refractivity contribution >= 4 is 11.6 Å². The van der Waals surface area contributed by atoms with Crippen LogP contribution in [0, 0.1) is 0 Å². The molecule has 22 heavy (non-hydrogen) atoms. The minimum atomic E-state index is -2.87. The van der Waals surface area contributed by atoms with Crippen molar-refractivity contribution in [3.63, 3.8) is 0 Å². The number of aromatic nitrogens is 2. The minimum absolute atomic E-state index is 0.115. The lowest BCUT2D eigenvalue weighted by Crippen LogP contribution is -2.15. The summed E-state index contributed by atoms with van der Waals surface area (Å²) in [4.78, 5) is 8.40. The average molecular weight is 328 g/mol. The van der Waals surface area contributed by atoms with Gasteiger partial charge in [0.25, 0.3) is 0 Å². The maximum atomic E-state index is 12.4. The van der Waals surface area contributed by atoms with Crippen LogP contribution >= 0.6 is 11.6 Å². The Balaban J connectivity index is 1.96. The molecule has 0 atom stereocenters. The highest BCUT2D eigenvalue weighted by Crippen LogP contribution is 2.24. The molecule has 0 saturated carbocycles. The van der Waals surface area contributed by atoms with Gasteiger partial charge in [-0.05, 0) is 18.2 Å². The van der Waals surface area contributed by atoms with Gasteiger partial charge in [0, 0.05) is 48.1 Å². The molecule has 0 aliphatic carbocycles. The molecule has 0 spiro atoms. The van der Waals surface area contributed by atoms with Crippen LogP contribution in [-0.4, -0.2) is 16.6 Å². The highest BCUT2D eigenvalue weighted by Gasteiger charge is 2.10. The molecule has 0 bridgehead atoms. The second kappa shape index (κ2) is 8.00. The summed E-state index contributed by atoms with van der Waals surface area (Å²) < 4.78 is 29.2. The number of aryl methyl sites for hydroxylation is 1. The lowest BCUT2D eigenvalue weighted by Gasteiger charge is -2.12. The van der Waals surface area contributed by atoms with Crippen molar-refractivity contribution in [3.8, 4) is 5.75 Å². The molecule has 7 heteroatoms. The van der Waals surface area contributed by atoms with Gasteiger partial charge in [-0.25, -0.2) is 9.97 Å². The molecule has 2 rings (SSSR count). The number of alkyl halides is 2. The molecule has 1 aromatic heterocycles. The molecule has 0 amide bonds. The Hall–Kier alpha value is -1.79. The van der Waals surface area contributed by atoms with Gasteiger partial charge in [-0.15, -0.1) is 0 Å². The molecule has 0 fully saturated rings. The normalized spacial score (nSPS) is 11.0. The highest BCUT2D eigenvalue weighted by atomic mass is 35.5. The molecule has 1 N–H and O–H groups in total. The van der Waals surface area contributed by atoms with E-state index in [1.165, 1.54) is 12.1 Å². The summed E-state index contributed by atoms with van der Waals surface area (Å²) in [6.45, 7) is -0.0189. The van der Waals surface area contributed by atoms with E-state index in [0.29, 0.717) is 23.7 Å². The number of nitrogens with zero attached hydrogens (tertiary/aromatic N) is 2. The predicted molar refractivity (Wildman–Crippen MR) is 80.0 cm³/mol. The maximum absolute atomic E-state index is 12.4. The van der Waals surface area contributed by atoms with Gasteiger partial charge in [0.1, 0.15) is 11.6 Å². The summed E-state index contributed by atoms with van der Waals surface area (Å²) in [5.41, 5.74) is 1.48. The minimum Gasteiger partial charge on any atom is -0.434 e. The zero-order chi connectivity index (χ0) is 15.9. The summed E-state index contributed by atoms with van der Waals surface area (Å²) in [5.74, 6) is 0.899. The fourth-order valence-corrected chi connectivity index (χ4v) is 2.09. The topological polar surface area (TPSA) is 47.0 Å². The third kappa shape index (κ3) is 4.89. The summed E-state index contributed by atoms with van der Waals surface area (Å²) in [6, 6.07) is 4.55. The molecule has 0 aliphatic rings. The molecule has 2 aromatic rings. The van der Waals surface area contributed by atoms with Gasteiger partial charge in [0.2, 0.25) is 0 Å². The first-order valence-corrected chi connectivity index (χ1v) is 7.20. The fraction of sp³-hybridized carbons (Fsp3) is 0.333. The van der Waals surface area contributed by atoms with Crippen LogP contribution in [0.5, 0.6) is 5.75 Å². The molecular formula is C15H16ClF2N3O. The zero-order valence-electron chi connectivity index (χ0n) is 12.0. The first-order valence-electron chi connectivity index (χ1n) is 6.82. The van der Waals surface area contributed by atoms with Gasteiger partial charge in [-0.3, -0.25) is 0 Å². The quantitative estimate of drug-likeness (QED) is 0.844. The molecule has 0 aliphatic heterocycles. The van der Waals surface area contributed by atoms with Crippen molar-refractivity contribution in [2.24, 2.45) is 0 Å². The van der Waals surface area contributed by atoms with Crippen LogP contribution in [0.2, 0.25) is 5.02 Å². The Kier molecular flexibility index (Phi) is 6.03. The van der Waals surface area contributed by atoms with Gasteiger partial charge >= 0.3 is 6.61 Å². The van der Waals surface area contributed by atoms with Gasteiger partial charge in [-0.2, -0.15) is 8.78 Å². The Morgan fingerprint density at radius 3 is 2.59 bits per heavy atom. The number of ether oxygens (including phenoxy) is 1. The molecule has 118 valence electrons. The number of hydrogen-bond donors (Lipinski definition) is 1. The number of hydrogen-bond acceptors (Lipinski definition) is 4. The Morgan fingerprint density at radius 2 is 1.95 bits per heavy atom. The van der Waals surface area contributed by atoms with Crippen LogP contribution in [-0.2, 0) is 19.5 Å². The number of halogens is 3. The lowest BCUT2D eigenvalue weighted by atomic mass is 10.2. The third-order valence-corrected chi connectivity index (χ3v) is 3.19. The first-order chi connectivity index (χ1) is 10.6. The van der Waals surface area contributed by atoms with Crippen LogP contribution in [0.4, 0.5) is 8.78 Å². The van der Waals surface area contributed by atoms with Crippen molar-refractivity contribution in [2.75, 3.05) is 0 Å². The van der Waals surface area contributed by atoms with Crippen LogP contribution in [0.3, 0.4) is 0 Å². The highest BCUT2D eigenvalue weighted by molar-refractivity contribution is 6.30. The van der Waals surface area contributed by atoms with Crippen LogP contribution < -0.4 is 10.1 Å². The SMILES string of the molecule is CCc1ncc(CNCc2cc(Cl)ccc2OC(F)F)cn1. The van der Waals surface area contributed by atoms with E-state index < -0.39 is 6.61 Å². The molecule has 0 radical (unpaired) electrons. The molecule has 1 aromatic carbocycles. The smallest absolute Gasteiger partial charge is 0.387 e. The van der Waals surface area contributed by atoms with E-state index in [4.69, 9.17) is 11.6 Å². The maximum Gasteiger partial charge on any atom is 0.387 e. The Bertz CT molecular complexity index is 608. The molecule has 0 unspecified atom stereocenters. The van der Waals surface area contributed by atoms with E-state index in [1.54, 1.807) is 18.5 Å². The van der Waals surface area contributed by atoms with E-state index in [-0.39, 0.29) is 5.75 Å². The third-order valence-electron chi connectivity index (χ3n) is 2.96. The summed E-state index contributed by atoms with van der Waals surface area (Å²) in [7, 11) is 0. The first kappa shape index (κ1) is 16.6. The van der Waals surface area contributed by atoms with E-state index in [2.05, 4.69) is 20.0 Å². The van der Waals surface area contributed by atoms with Gasteiger partial charge < -0.3 is 10.1 Å². The molecule has 0 saturated heterocycles. The predicted octanol–water partition coefficient (Wildman–Crippen LogP) is 3.58. The standard InChI is InChI=1S/C15H16ClF2N3O/c1-2-14-20-7-10(8-21-14)6-19-9-11-5-12(16)3-4-13(11)22-15(17)18/h3-5,7-8,15,19H,2,6,9H2,1H3. The van der Waals surface area contributed by atoms with Crippen LogP contribution in [0.15, 0.2) is 30.6 Å². The van der Waals surface area contributed by atoms with E-state index in [9.17, 15) is 8.78 Å². The van der Waals surface area contributed by atoms with Gasteiger partial charge in [0.05, 0.1) is 0 Å². The van der Waals surface area contributed by atoms with Crippen molar-refractivity contribution in [1.29, 1.82) is 0 Å². The average Bonchev–Trinajstić information content (AvgIpc) is 2.50. The monoisotopic (exact) mass is 327 g/mol. The van der Waals surface area contributed by atoms with Crippen LogP contribution in [0.25, 0.3) is 0 Å². The van der Waals surface area contributed by atoms with E-state index >= 15 is 0 Å². The Labute approximate surface area is 132 Å². The van der Waals surface area contributed by atoms with Gasteiger partial charge in [-0.1, -0.05) is 18.5 Å². The molecule has 4 nitrogen and oxygen atoms in total. The number of rotatable bonds is 7. The Morgan fingerprint density at radius 1 is 1.23 bits per heavy atom. The largest absolute Gasteiger partial charge is 0.434 e. The number of nitrogens with one attached hydrogen (secondary N) is 1. The molecular weight excluding hydrogens is 312 g/mol. The van der Waals surface area contributed by atoms with Crippen molar-refractivity contribution < 1.29 is 13.5 Å². The van der Waals surface area contributed by atoms with Crippen molar-refractivity contribution in [1.82, 2.24) is 15.3 Å². The van der Waals surface area contributed by atoms with Crippen molar-refractivity contribution in [3.05, 3.63) is 52.6 Å². The summed E-state index contributed by atoms with van der Waals surface area (Å²) in [6.07, 6.45) is 4.27. The second-order valence-corrected chi connectivity index (χ2v) is 5.03. The van der Waals surface area contributed by atoms with Crippen LogP contribution in [0.1, 0.15) is 23.9 Å². The second-order valence-electron chi connectivity index (χ2n) is 4.60. The number of benzene rings is 1. The van der Waals surface area contributed by atoms with E-state index in [0.717, 1.165) is 17.8 Å². The molecule has 1 heterocycles. The lowest BCUT2D eigenvalue weighted by molar-refractivity contribution is -0.0505.